The van der Waals surface area contributed by atoms with Crippen molar-refractivity contribution >= 4 is 29.9 Å². The molecule has 1 saturated carbocycles. The smallest absolute Gasteiger partial charge is 0.232 e. The number of hydrogen-bond donors (Lipinski definition) is 0. The first kappa shape index (κ1) is 22.9. The minimum absolute atomic E-state index is 0. The quantitative estimate of drug-likeness (QED) is 0.587. The molecular weight excluding hydrogens is 402 g/mol. The number of carbonyl (C=O) groups is 2. The fourth-order valence-electron chi connectivity index (χ4n) is 4.25. The highest BCUT2D eigenvalue weighted by Crippen LogP contribution is 2.33. The van der Waals surface area contributed by atoms with Crippen molar-refractivity contribution in [3.8, 4) is 5.75 Å². The largest absolute Gasteiger partial charge is 0.491 e. The molecule has 6 nitrogen and oxygen atoms in total. The Balaban J connectivity index is 0.00000256. The van der Waals surface area contributed by atoms with Crippen LogP contribution in [0.3, 0.4) is 0 Å². The number of piperazine rings is 1. The molecule has 3 fully saturated rings. The van der Waals surface area contributed by atoms with Crippen LogP contribution in [-0.4, -0.2) is 67.5 Å². The van der Waals surface area contributed by atoms with Gasteiger partial charge in [0.1, 0.15) is 5.75 Å². The second-order valence-corrected chi connectivity index (χ2v) is 8.81. The van der Waals surface area contributed by atoms with E-state index in [0.717, 1.165) is 57.4 Å². The maximum Gasteiger partial charge on any atom is 0.232 e. The molecule has 1 aromatic carbocycles. The van der Waals surface area contributed by atoms with Gasteiger partial charge in [-0.25, -0.2) is 0 Å². The van der Waals surface area contributed by atoms with Gasteiger partial charge >= 0.3 is 0 Å². The van der Waals surface area contributed by atoms with E-state index in [1.165, 1.54) is 23.4 Å². The average molecular weight is 436 g/mol. The average Bonchev–Trinajstić information content (AvgIpc) is 3.56. The van der Waals surface area contributed by atoms with Crippen molar-refractivity contribution in [2.75, 3.05) is 50.8 Å². The van der Waals surface area contributed by atoms with Crippen LogP contribution in [0, 0.1) is 17.8 Å². The fourth-order valence-corrected chi connectivity index (χ4v) is 4.25. The van der Waals surface area contributed by atoms with Crippen LogP contribution in [0.1, 0.15) is 33.1 Å². The minimum atomic E-state index is -0.173. The van der Waals surface area contributed by atoms with E-state index in [1.807, 2.05) is 19.9 Å². The first-order valence-electron chi connectivity index (χ1n) is 11.1. The molecular formula is C23H34ClN3O3. The Morgan fingerprint density at radius 3 is 2.20 bits per heavy atom. The van der Waals surface area contributed by atoms with Gasteiger partial charge in [-0.1, -0.05) is 26.0 Å². The molecule has 2 heterocycles. The molecule has 1 aliphatic carbocycles. The lowest BCUT2D eigenvalue weighted by Crippen LogP contribution is -2.47. The number of nitrogens with zero attached hydrogens (tertiary/aromatic N) is 3. The predicted octanol–water partition coefficient (Wildman–Crippen LogP) is 3.05. The first-order valence-corrected chi connectivity index (χ1v) is 11.1. The Bertz CT molecular complexity index is 727. The van der Waals surface area contributed by atoms with E-state index in [0.29, 0.717) is 6.54 Å². The van der Waals surface area contributed by atoms with Crippen molar-refractivity contribution in [2.24, 2.45) is 17.8 Å². The molecule has 166 valence electrons. The Morgan fingerprint density at radius 2 is 1.57 bits per heavy atom. The molecule has 2 unspecified atom stereocenters. The number of benzene rings is 1. The summed E-state index contributed by atoms with van der Waals surface area (Å²) in [5.41, 5.74) is 1.20. The fraction of sp³-hybridized carbons (Fsp3) is 0.652. The van der Waals surface area contributed by atoms with Gasteiger partial charge in [0.2, 0.25) is 11.8 Å². The summed E-state index contributed by atoms with van der Waals surface area (Å²) in [4.78, 5) is 30.7. The van der Waals surface area contributed by atoms with Crippen LogP contribution in [0.2, 0.25) is 0 Å². The van der Waals surface area contributed by atoms with E-state index in [-0.39, 0.29) is 36.1 Å². The van der Waals surface area contributed by atoms with Gasteiger partial charge < -0.3 is 9.64 Å². The van der Waals surface area contributed by atoms with E-state index in [1.54, 1.807) is 0 Å². The number of anilines is 1. The number of halogens is 1. The normalized spacial score (nSPS) is 24.9. The Morgan fingerprint density at radius 1 is 0.933 bits per heavy atom. The lowest BCUT2D eigenvalue weighted by atomic mass is 10.00. The molecule has 4 rings (SSSR count). The highest BCUT2D eigenvalue weighted by atomic mass is 35.5. The second-order valence-electron chi connectivity index (χ2n) is 8.81. The van der Waals surface area contributed by atoms with Crippen LogP contribution >= 0.6 is 12.4 Å². The van der Waals surface area contributed by atoms with Crippen LogP contribution in [0.25, 0.3) is 0 Å². The van der Waals surface area contributed by atoms with Crippen LogP contribution in [0.4, 0.5) is 5.69 Å². The molecule has 30 heavy (non-hydrogen) atoms. The summed E-state index contributed by atoms with van der Waals surface area (Å²) in [5, 5.41) is 0. The van der Waals surface area contributed by atoms with Gasteiger partial charge in [0.15, 0.2) is 0 Å². The number of rotatable bonds is 8. The van der Waals surface area contributed by atoms with E-state index >= 15 is 0 Å². The number of carbonyl (C=O) groups excluding carboxylic acids is 2. The predicted molar refractivity (Wildman–Crippen MR) is 120 cm³/mol. The summed E-state index contributed by atoms with van der Waals surface area (Å²) < 4.78 is 6.08. The highest BCUT2D eigenvalue weighted by Gasteiger charge is 2.41. The van der Waals surface area contributed by atoms with E-state index in [4.69, 9.17) is 4.74 Å². The standard InChI is InChI=1S/C23H33N3O3.ClH/c1-17-18(2)23(28)26(22(17)27)11-5-10-24-12-14-25(15-13-24)20-6-3-4-7-21(20)29-16-19-8-9-19;/h3-4,6-7,17-19H,5,8-16H2,1-2H3;1H. The Hall–Kier alpha value is -1.79. The number of likely N-dealkylation sites (tertiary alicyclic amines) is 1. The number of amides is 2. The maximum atomic E-state index is 12.2. The van der Waals surface area contributed by atoms with Crippen molar-refractivity contribution in [1.29, 1.82) is 0 Å². The SMILES string of the molecule is CC1C(=O)N(CCCN2CCN(c3ccccc3OCC3CC3)CC2)C(=O)C1C.Cl. The minimum Gasteiger partial charge on any atom is -0.491 e. The van der Waals surface area contributed by atoms with Crippen molar-refractivity contribution in [3.63, 3.8) is 0 Å². The van der Waals surface area contributed by atoms with Gasteiger partial charge in [0.25, 0.3) is 0 Å². The number of hydrogen-bond acceptors (Lipinski definition) is 5. The molecule has 0 spiro atoms. The summed E-state index contributed by atoms with van der Waals surface area (Å²) >= 11 is 0. The third-order valence-electron chi connectivity index (χ3n) is 6.67. The summed E-state index contributed by atoms with van der Waals surface area (Å²) in [7, 11) is 0. The molecule has 0 radical (unpaired) electrons. The van der Waals surface area contributed by atoms with Gasteiger partial charge in [0.05, 0.1) is 12.3 Å². The van der Waals surface area contributed by atoms with E-state index in [2.05, 4.69) is 28.0 Å². The summed E-state index contributed by atoms with van der Waals surface area (Å²) in [6, 6.07) is 8.36. The van der Waals surface area contributed by atoms with Gasteiger partial charge in [-0.05, 0) is 43.9 Å². The third kappa shape index (κ3) is 5.09. The lowest BCUT2D eigenvalue weighted by molar-refractivity contribution is -0.139. The number of ether oxygens (including phenoxy) is 1. The molecule has 3 aliphatic rings. The van der Waals surface area contributed by atoms with Crippen molar-refractivity contribution in [2.45, 2.75) is 33.1 Å². The zero-order valence-electron chi connectivity index (χ0n) is 18.1. The topological polar surface area (TPSA) is 53.1 Å². The van der Waals surface area contributed by atoms with Crippen LogP contribution < -0.4 is 9.64 Å². The molecule has 7 heteroatoms. The van der Waals surface area contributed by atoms with Crippen LogP contribution in [-0.2, 0) is 9.59 Å². The molecule has 2 saturated heterocycles. The molecule has 2 amide bonds. The summed E-state index contributed by atoms with van der Waals surface area (Å²) in [6.45, 7) is 9.95. The monoisotopic (exact) mass is 435 g/mol. The number of para-hydroxylation sites is 2. The maximum absolute atomic E-state index is 12.2. The molecule has 0 aromatic heterocycles. The van der Waals surface area contributed by atoms with Crippen molar-refractivity contribution < 1.29 is 14.3 Å². The van der Waals surface area contributed by atoms with Crippen molar-refractivity contribution in [3.05, 3.63) is 24.3 Å². The molecule has 0 bridgehead atoms. The van der Waals surface area contributed by atoms with Gasteiger partial charge in [-0.15, -0.1) is 12.4 Å². The van der Waals surface area contributed by atoms with Gasteiger partial charge in [-0.2, -0.15) is 0 Å². The zero-order valence-corrected chi connectivity index (χ0v) is 18.9. The third-order valence-corrected chi connectivity index (χ3v) is 6.67. The summed E-state index contributed by atoms with van der Waals surface area (Å²) in [6.07, 6.45) is 3.44. The molecule has 0 N–H and O–H groups in total. The molecule has 1 aromatic rings. The van der Waals surface area contributed by atoms with Crippen molar-refractivity contribution in [1.82, 2.24) is 9.80 Å². The van der Waals surface area contributed by atoms with Crippen LogP contribution in [0.5, 0.6) is 5.75 Å². The zero-order chi connectivity index (χ0) is 20.4. The van der Waals surface area contributed by atoms with E-state index < -0.39 is 0 Å². The first-order chi connectivity index (χ1) is 14.0. The van der Waals surface area contributed by atoms with Gasteiger partial charge in [-0.3, -0.25) is 19.4 Å². The Kier molecular flexibility index (Phi) is 7.64. The second kappa shape index (κ2) is 10.0. The number of imide groups is 1. The molecule has 2 aliphatic heterocycles. The molecule has 2 atom stereocenters. The highest BCUT2D eigenvalue weighted by molar-refractivity contribution is 6.04. The lowest BCUT2D eigenvalue weighted by Gasteiger charge is -2.37. The summed E-state index contributed by atoms with van der Waals surface area (Å²) in [5.74, 6) is 1.40. The Labute approximate surface area is 185 Å². The van der Waals surface area contributed by atoms with E-state index in [9.17, 15) is 9.59 Å². The van der Waals surface area contributed by atoms with Gasteiger partial charge in [0, 0.05) is 44.6 Å². The van der Waals surface area contributed by atoms with Crippen LogP contribution in [0.15, 0.2) is 24.3 Å².